The number of ether oxygens (including phenoxy) is 1. The van der Waals surface area contributed by atoms with E-state index < -0.39 is 0 Å². The Labute approximate surface area is 198 Å². The monoisotopic (exact) mass is 455 g/mol. The second kappa shape index (κ2) is 7.91. The average Bonchev–Trinajstić information content (AvgIpc) is 3.49. The van der Waals surface area contributed by atoms with Crippen molar-refractivity contribution in [3.8, 4) is 0 Å². The van der Waals surface area contributed by atoms with Crippen molar-refractivity contribution < 1.29 is 4.74 Å². The van der Waals surface area contributed by atoms with E-state index in [0.29, 0.717) is 5.92 Å². The second-order valence-electron chi connectivity index (χ2n) is 9.82. The zero-order valence-electron chi connectivity index (χ0n) is 19.5. The van der Waals surface area contributed by atoms with E-state index in [1.165, 1.54) is 30.5 Å². The van der Waals surface area contributed by atoms with Gasteiger partial charge in [-0.05, 0) is 56.7 Å². The van der Waals surface area contributed by atoms with Crippen LogP contribution in [0.15, 0.2) is 43.1 Å². The van der Waals surface area contributed by atoms with Crippen LogP contribution >= 0.6 is 0 Å². The molecule has 7 rings (SSSR count). The van der Waals surface area contributed by atoms with Gasteiger partial charge in [0.25, 0.3) is 0 Å². The number of fused-ring (bicyclic) bond motifs is 2. The third-order valence-corrected chi connectivity index (χ3v) is 7.50. The smallest absolute Gasteiger partial charge is 0.148 e. The topological polar surface area (TPSA) is 73.4 Å². The molecule has 4 aromatic heterocycles. The third kappa shape index (κ3) is 3.31. The van der Waals surface area contributed by atoms with Gasteiger partial charge in [0.15, 0.2) is 0 Å². The zero-order valence-corrected chi connectivity index (χ0v) is 19.5. The Bertz CT molecular complexity index is 1350. The van der Waals surface area contributed by atoms with Crippen molar-refractivity contribution in [2.45, 2.75) is 63.6 Å². The van der Waals surface area contributed by atoms with Crippen LogP contribution in [0.4, 0.5) is 5.82 Å². The maximum atomic E-state index is 6.12. The Hall–Kier alpha value is -3.26. The summed E-state index contributed by atoms with van der Waals surface area (Å²) in [6.45, 7) is 3.79. The van der Waals surface area contributed by atoms with Crippen LogP contribution in [0.1, 0.15) is 78.6 Å². The molecule has 2 fully saturated rings. The normalized spacial score (nSPS) is 22.8. The zero-order chi connectivity index (χ0) is 22.6. The largest absolute Gasteiger partial charge is 0.358 e. The molecule has 1 aliphatic carbocycles. The SMILES string of the molecule is Cc1cccn2nc(C3c4ncn(C5CCCCO5)c4CCN3c3cncc(C4CC4)n3)cc12. The van der Waals surface area contributed by atoms with Crippen LogP contribution in [0.3, 0.4) is 0 Å². The fraction of sp³-hybridized carbons (Fsp3) is 0.462. The van der Waals surface area contributed by atoms with Crippen LogP contribution in [-0.2, 0) is 11.2 Å². The molecule has 8 nitrogen and oxygen atoms in total. The van der Waals surface area contributed by atoms with Gasteiger partial charge in [-0.3, -0.25) is 4.98 Å². The van der Waals surface area contributed by atoms with E-state index in [1.807, 2.05) is 35.5 Å². The summed E-state index contributed by atoms with van der Waals surface area (Å²) < 4.78 is 10.4. The summed E-state index contributed by atoms with van der Waals surface area (Å²) in [4.78, 5) is 16.9. The Balaban J connectivity index is 1.35. The molecule has 0 aromatic carbocycles. The van der Waals surface area contributed by atoms with Crippen LogP contribution in [0.25, 0.3) is 5.52 Å². The van der Waals surface area contributed by atoms with Gasteiger partial charge >= 0.3 is 0 Å². The van der Waals surface area contributed by atoms with Gasteiger partial charge in [-0.25, -0.2) is 14.5 Å². The van der Waals surface area contributed by atoms with E-state index in [9.17, 15) is 0 Å². The van der Waals surface area contributed by atoms with Crippen molar-refractivity contribution in [1.82, 2.24) is 29.1 Å². The van der Waals surface area contributed by atoms with E-state index in [-0.39, 0.29) is 12.3 Å². The van der Waals surface area contributed by atoms with Gasteiger partial charge in [-0.2, -0.15) is 5.10 Å². The summed E-state index contributed by atoms with van der Waals surface area (Å²) in [6, 6.07) is 6.26. The molecule has 6 heterocycles. The van der Waals surface area contributed by atoms with E-state index >= 15 is 0 Å². The first-order chi connectivity index (χ1) is 16.8. The maximum absolute atomic E-state index is 6.12. The summed E-state index contributed by atoms with van der Waals surface area (Å²) in [7, 11) is 0. The number of rotatable bonds is 4. The maximum Gasteiger partial charge on any atom is 0.148 e. The molecular weight excluding hydrogens is 426 g/mol. The number of aromatic nitrogens is 6. The van der Waals surface area contributed by atoms with Gasteiger partial charge in [0.05, 0.1) is 35.1 Å². The van der Waals surface area contributed by atoms with E-state index in [0.717, 1.165) is 60.8 Å². The third-order valence-electron chi connectivity index (χ3n) is 7.50. The van der Waals surface area contributed by atoms with Gasteiger partial charge in [-0.1, -0.05) is 6.07 Å². The lowest BCUT2D eigenvalue weighted by molar-refractivity contribution is -0.0336. The lowest BCUT2D eigenvalue weighted by Crippen LogP contribution is -2.38. The van der Waals surface area contributed by atoms with Gasteiger partial charge in [-0.15, -0.1) is 0 Å². The first kappa shape index (κ1) is 20.1. The van der Waals surface area contributed by atoms with Crippen molar-refractivity contribution in [2.75, 3.05) is 18.1 Å². The van der Waals surface area contributed by atoms with Crippen molar-refractivity contribution in [3.63, 3.8) is 0 Å². The van der Waals surface area contributed by atoms with Crippen LogP contribution in [0.2, 0.25) is 0 Å². The van der Waals surface area contributed by atoms with Gasteiger partial charge < -0.3 is 14.2 Å². The number of nitrogens with zero attached hydrogens (tertiary/aromatic N) is 7. The first-order valence-electron chi connectivity index (χ1n) is 12.5. The molecule has 3 aliphatic rings. The molecule has 2 unspecified atom stereocenters. The average molecular weight is 456 g/mol. The number of hydrogen-bond acceptors (Lipinski definition) is 6. The molecule has 0 N–H and O–H groups in total. The van der Waals surface area contributed by atoms with E-state index in [1.54, 1.807) is 0 Å². The molecule has 174 valence electrons. The minimum absolute atomic E-state index is 0.0819. The van der Waals surface area contributed by atoms with Gasteiger partial charge in [0.2, 0.25) is 0 Å². The molecule has 2 atom stereocenters. The summed E-state index contributed by atoms with van der Waals surface area (Å²) >= 11 is 0. The number of anilines is 1. The number of pyridine rings is 1. The predicted octanol–water partition coefficient (Wildman–Crippen LogP) is 4.36. The summed E-state index contributed by atoms with van der Waals surface area (Å²) in [5.41, 5.74) is 6.74. The molecule has 2 aliphatic heterocycles. The lowest BCUT2D eigenvalue weighted by atomic mass is 9.99. The van der Waals surface area contributed by atoms with E-state index in [4.69, 9.17) is 19.8 Å². The summed E-state index contributed by atoms with van der Waals surface area (Å²) in [5.74, 6) is 1.48. The molecule has 0 radical (unpaired) electrons. The van der Waals surface area contributed by atoms with Crippen LogP contribution in [-0.4, -0.2) is 42.3 Å². The first-order valence-corrected chi connectivity index (χ1v) is 12.5. The van der Waals surface area contributed by atoms with Crippen molar-refractivity contribution >= 4 is 11.3 Å². The molecule has 34 heavy (non-hydrogen) atoms. The van der Waals surface area contributed by atoms with E-state index in [2.05, 4.69) is 33.5 Å². The predicted molar refractivity (Wildman–Crippen MR) is 128 cm³/mol. The molecule has 1 saturated carbocycles. The van der Waals surface area contributed by atoms with Crippen molar-refractivity contribution in [3.05, 3.63) is 71.5 Å². The quantitative estimate of drug-likeness (QED) is 0.455. The molecule has 8 heteroatoms. The second-order valence-corrected chi connectivity index (χ2v) is 9.82. The molecule has 0 spiro atoms. The number of imidazole rings is 1. The highest BCUT2D eigenvalue weighted by Gasteiger charge is 2.37. The highest BCUT2D eigenvalue weighted by Crippen LogP contribution is 2.41. The lowest BCUT2D eigenvalue weighted by Gasteiger charge is -2.36. The molecule has 4 aromatic rings. The summed E-state index contributed by atoms with van der Waals surface area (Å²) in [6.07, 6.45) is 14.6. The fourth-order valence-corrected chi connectivity index (χ4v) is 5.52. The molecular formula is C26H29N7O. The Morgan fingerprint density at radius 3 is 2.85 bits per heavy atom. The minimum Gasteiger partial charge on any atom is -0.358 e. The molecule has 1 saturated heterocycles. The minimum atomic E-state index is -0.114. The Morgan fingerprint density at radius 2 is 2.03 bits per heavy atom. The Kier molecular flexibility index (Phi) is 4.68. The highest BCUT2D eigenvalue weighted by molar-refractivity contribution is 5.57. The fourth-order valence-electron chi connectivity index (χ4n) is 5.52. The standard InChI is InChI=1S/C26H29N7O/c1-17-5-4-10-33-22(17)13-19(30-33)26-25-21(32(16-28-25)24-6-2-3-12-34-24)9-11-31(26)23-15-27-14-20(29-23)18-7-8-18/h4-5,10,13-16,18,24,26H,2-3,6-9,11-12H2,1H3. The van der Waals surface area contributed by atoms with Crippen LogP contribution in [0, 0.1) is 6.92 Å². The van der Waals surface area contributed by atoms with Crippen LogP contribution < -0.4 is 4.90 Å². The number of aryl methyl sites for hydroxylation is 1. The van der Waals surface area contributed by atoms with Crippen LogP contribution in [0.5, 0.6) is 0 Å². The molecule has 0 bridgehead atoms. The van der Waals surface area contributed by atoms with Gasteiger partial charge in [0.1, 0.15) is 18.1 Å². The highest BCUT2D eigenvalue weighted by atomic mass is 16.5. The van der Waals surface area contributed by atoms with Crippen molar-refractivity contribution in [2.24, 2.45) is 0 Å². The summed E-state index contributed by atoms with van der Waals surface area (Å²) in [5, 5.41) is 5.01. The number of hydrogen-bond donors (Lipinski definition) is 0. The molecule has 0 amide bonds. The van der Waals surface area contributed by atoms with Crippen molar-refractivity contribution in [1.29, 1.82) is 0 Å². The van der Waals surface area contributed by atoms with Gasteiger partial charge in [0, 0.05) is 43.6 Å². The Morgan fingerprint density at radius 1 is 1.09 bits per heavy atom.